The Morgan fingerprint density at radius 2 is 2.17 bits per heavy atom. The summed E-state index contributed by atoms with van der Waals surface area (Å²) in [5.74, 6) is 0.140. The molecule has 1 aromatic carbocycles. The minimum Gasteiger partial charge on any atom is -0.454 e. The van der Waals surface area contributed by atoms with Gasteiger partial charge in [0, 0.05) is 31.2 Å². The molecule has 0 bridgehead atoms. The minimum atomic E-state index is -0.628. The van der Waals surface area contributed by atoms with Crippen LogP contribution < -0.4 is 11.1 Å². The van der Waals surface area contributed by atoms with Crippen molar-refractivity contribution in [2.75, 3.05) is 14.1 Å². The molecule has 2 aromatic rings. The predicted octanol–water partition coefficient (Wildman–Crippen LogP) is 2.38. The molecule has 0 aliphatic rings. The molecular formula is C16H18ClFN4O2. The third kappa shape index (κ3) is 4.26. The smallest absolute Gasteiger partial charge is 0.284 e. The second-order valence-electron chi connectivity index (χ2n) is 5.09. The van der Waals surface area contributed by atoms with Gasteiger partial charge in [0.2, 0.25) is 0 Å². The van der Waals surface area contributed by atoms with E-state index in [0.29, 0.717) is 28.9 Å². The van der Waals surface area contributed by atoms with Gasteiger partial charge in [0.25, 0.3) is 5.91 Å². The quantitative estimate of drug-likeness (QED) is 0.639. The highest BCUT2D eigenvalue weighted by atomic mass is 35.5. The number of carbonyl (C=O) groups is 1. The average molecular weight is 353 g/mol. The number of hydrogen-bond donors (Lipinski definition) is 2. The zero-order chi connectivity index (χ0) is 17.7. The number of rotatable bonds is 5. The largest absolute Gasteiger partial charge is 0.454 e. The molecule has 0 saturated heterocycles. The van der Waals surface area contributed by atoms with Gasteiger partial charge in [0.05, 0.1) is 6.54 Å². The van der Waals surface area contributed by atoms with E-state index >= 15 is 0 Å². The summed E-state index contributed by atoms with van der Waals surface area (Å²) in [6.07, 6.45) is 0. The summed E-state index contributed by atoms with van der Waals surface area (Å²) in [5.41, 5.74) is 5.53. The molecule has 8 heteroatoms. The summed E-state index contributed by atoms with van der Waals surface area (Å²) in [7, 11) is 3.37. The second kappa shape index (κ2) is 7.83. The highest BCUT2D eigenvalue weighted by Gasteiger charge is 2.13. The monoisotopic (exact) mass is 352 g/mol. The van der Waals surface area contributed by atoms with E-state index < -0.39 is 5.91 Å². The van der Waals surface area contributed by atoms with Crippen molar-refractivity contribution >= 4 is 23.5 Å². The van der Waals surface area contributed by atoms with Gasteiger partial charge in [-0.2, -0.15) is 0 Å². The second-order valence-corrected chi connectivity index (χ2v) is 5.49. The van der Waals surface area contributed by atoms with Crippen molar-refractivity contribution in [3.63, 3.8) is 0 Å². The van der Waals surface area contributed by atoms with Crippen molar-refractivity contribution in [3.8, 4) is 0 Å². The van der Waals surface area contributed by atoms with E-state index in [9.17, 15) is 9.18 Å². The van der Waals surface area contributed by atoms with Gasteiger partial charge in [-0.3, -0.25) is 9.79 Å². The van der Waals surface area contributed by atoms with Crippen LogP contribution in [-0.4, -0.2) is 30.9 Å². The molecule has 24 heavy (non-hydrogen) atoms. The zero-order valence-electron chi connectivity index (χ0n) is 13.3. The van der Waals surface area contributed by atoms with Crippen LogP contribution in [0.15, 0.2) is 39.7 Å². The number of benzene rings is 1. The Bertz CT molecular complexity index is 740. The number of hydrogen-bond acceptors (Lipinski definition) is 3. The lowest BCUT2D eigenvalue weighted by Crippen LogP contribution is -2.38. The summed E-state index contributed by atoms with van der Waals surface area (Å²) in [6.45, 7) is 0.547. The van der Waals surface area contributed by atoms with E-state index in [1.807, 2.05) is 0 Å². The highest BCUT2D eigenvalue weighted by molar-refractivity contribution is 6.31. The third-order valence-electron chi connectivity index (χ3n) is 3.36. The van der Waals surface area contributed by atoms with Crippen molar-refractivity contribution in [2.45, 2.75) is 13.1 Å². The van der Waals surface area contributed by atoms with Crippen LogP contribution in [0.4, 0.5) is 4.39 Å². The molecule has 6 nitrogen and oxygen atoms in total. The van der Waals surface area contributed by atoms with Crippen LogP contribution in [0.1, 0.15) is 21.9 Å². The number of nitrogens with zero attached hydrogens (tertiary/aromatic N) is 2. The van der Waals surface area contributed by atoms with Gasteiger partial charge in [0.15, 0.2) is 11.7 Å². The van der Waals surface area contributed by atoms with Crippen molar-refractivity contribution in [1.82, 2.24) is 10.2 Å². The molecule has 0 unspecified atom stereocenters. The maximum Gasteiger partial charge on any atom is 0.284 e. The zero-order valence-corrected chi connectivity index (χ0v) is 14.1. The number of aliphatic imine (C=N–C) groups is 1. The number of halogens is 2. The molecular weight excluding hydrogens is 335 g/mol. The third-order valence-corrected chi connectivity index (χ3v) is 3.71. The molecule has 1 aromatic heterocycles. The first kappa shape index (κ1) is 17.8. The van der Waals surface area contributed by atoms with Gasteiger partial charge in [-0.1, -0.05) is 17.7 Å². The fourth-order valence-corrected chi connectivity index (χ4v) is 2.37. The van der Waals surface area contributed by atoms with Crippen molar-refractivity contribution in [3.05, 3.63) is 58.3 Å². The molecule has 0 spiro atoms. The number of primary amides is 1. The first-order chi connectivity index (χ1) is 11.4. The van der Waals surface area contributed by atoms with Gasteiger partial charge in [0.1, 0.15) is 11.6 Å². The fraction of sp³-hybridized carbons (Fsp3) is 0.250. The summed E-state index contributed by atoms with van der Waals surface area (Å²) in [6, 6.07) is 7.71. The maximum atomic E-state index is 13.9. The van der Waals surface area contributed by atoms with Crippen molar-refractivity contribution in [1.29, 1.82) is 0 Å². The van der Waals surface area contributed by atoms with Crippen LogP contribution >= 0.6 is 11.6 Å². The van der Waals surface area contributed by atoms with Crippen LogP contribution in [0, 0.1) is 5.82 Å². The Labute approximate surface area is 144 Å². The number of furan rings is 1. The van der Waals surface area contributed by atoms with Gasteiger partial charge >= 0.3 is 0 Å². The van der Waals surface area contributed by atoms with Gasteiger partial charge in [-0.05, 0) is 24.3 Å². The van der Waals surface area contributed by atoms with E-state index in [1.54, 1.807) is 37.2 Å². The molecule has 0 fully saturated rings. The van der Waals surface area contributed by atoms with E-state index in [2.05, 4.69) is 10.3 Å². The minimum absolute atomic E-state index is 0.0910. The summed E-state index contributed by atoms with van der Waals surface area (Å²) in [4.78, 5) is 16.9. The Morgan fingerprint density at radius 3 is 2.75 bits per heavy atom. The number of nitrogens with one attached hydrogen (secondary N) is 1. The predicted molar refractivity (Wildman–Crippen MR) is 90.3 cm³/mol. The normalized spacial score (nSPS) is 11.4. The maximum absolute atomic E-state index is 13.9. The van der Waals surface area contributed by atoms with Gasteiger partial charge in [-0.15, -0.1) is 0 Å². The van der Waals surface area contributed by atoms with Crippen LogP contribution in [0.3, 0.4) is 0 Å². The fourth-order valence-electron chi connectivity index (χ4n) is 2.15. The molecule has 2 rings (SSSR count). The lowest BCUT2D eigenvalue weighted by Gasteiger charge is -2.22. The lowest BCUT2D eigenvalue weighted by atomic mass is 10.2. The van der Waals surface area contributed by atoms with Crippen LogP contribution in [0.5, 0.6) is 0 Å². The first-order valence-corrected chi connectivity index (χ1v) is 7.53. The van der Waals surface area contributed by atoms with E-state index in [0.717, 1.165) is 0 Å². The van der Waals surface area contributed by atoms with E-state index in [-0.39, 0.29) is 18.1 Å². The number of nitrogens with two attached hydrogens (primary N) is 1. The van der Waals surface area contributed by atoms with Crippen LogP contribution in [0.2, 0.25) is 5.02 Å². The number of guanidine groups is 1. The Hall–Kier alpha value is -2.54. The molecule has 0 saturated carbocycles. The highest BCUT2D eigenvalue weighted by Crippen LogP contribution is 2.20. The van der Waals surface area contributed by atoms with Crippen LogP contribution in [-0.2, 0) is 13.1 Å². The molecule has 0 atom stereocenters. The SMILES string of the molecule is CN=C(NCc1ccc(C(N)=O)o1)N(C)Cc1c(F)cccc1Cl. The molecule has 1 amide bonds. The summed E-state index contributed by atoms with van der Waals surface area (Å²) in [5, 5.41) is 3.42. The summed E-state index contributed by atoms with van der Waals surface area (Å²) >= 11 is 6.04. The number of carbonyl (C=O) groups excluding carboxylic acids is 1. The first-order valence-electron chi connectivity index (χ1n) is 7.15. The molecule has 3 N–H and O–H groups in total. The Morgan fingerprint density at radius 1 is 1.42 bits per heavy atom. The van der Waals surface area contributed by atoms with Gasteiger partial charge in [-0.25, -0.2) is 4.39 Å². The summed E-state index contributed by atoms with van der Waals surface area (Å²) < 4.78 is 19.2. The topological polar surface area (TPSA) is 83.9 Å². The van der Waals surface area contributed by atoms with Gasteiger partial charge < -0.3 is 20.4 Å². The molecule has 1 heterocycles. The Kier molecular flexibility index (Phi) is 5.81. The van der Waals surface area contributed by atoms with E-state index in [4.69, 9.17) is 21.8 Å². The Balaban J connectivity index is 2.01. The number of amides is 1. The average Bonchev–Trinajstić information content (AvgIpc) is 3.01. The standard InChI is InChI=1S/C16H18ClFN4O2/c1-20-16(21-8-10-6-7-14(24-10)15(19)23)22(2)9-11-12(17)4-3-5-13(11)18/h3-7H,8-9H2,1-2H3,(H2,19,23)(H,20,21). The van der Waals surface area contributed by atoms with Crippen LogP contribution in [0.25, 0.3) is 0 Å². The molecule has 0 aliphatic heterocycles. The lowest BCUT2D eigenvalue weighted by molar-refractivity contribution is 0.0972. The van der Waals surface area contributed by atoms with Crippen molar-refractivity contribution < 1.29 is 13.6 Å². The van der Waals surface area contributed by atoms with Crippen molar-refractivity contribution in [2.24, 2.45) is 10.7 Å². The molecule has 0 radical (unpaired) electrons. The van der Waals surface area contributed by atoms with E-state index in [1.165, 1.54) is 12.1 Å². The molecule has 128 valence electrons. The molecule has 0 aliphatic carbocycles.